The summed E-state index contributed by atoms with van der Waals surface area (Å²) < 4.78 is 5.43. The van der Waals surface area contributed by atoms with Gasteiger partial charge in [-0.2, -0.15) is 0 Å². The van der Waals surface area contributed by atoms with Crippen LogP contribution < -0.4 is 0 Å². The minimum atomic E-state index is -0.000362. The largest absolute Gasteiger partial charge is 0.379 e. The fraction of sp³-hybridized carbons (Fsp3) is 0.562. The molecule has 122 valence electrons. The standard InChI is InChI=1S/C16H21N5O2/c1-11-8-21(9-13(11)20-4-6-23-7-5-20)16(22)14-12-2-3-17-15(12)19-10-18-14/h2-3,10-11,13H,4-9H2,1H3,(H,17,18,19). The lowest BCUT2D eigenvalue weighted by molar-refractivity contribution is 0.0119. The van der Waals surface area contributed by atoms with Crippen LogP contribution in [-0.2, 0) is 4.74 Å². The third-order valence-electron chi connectivity index (χ3n) is 4.93. The molecule has 2 saturated heterocycles. The molecule has 2 aliphatic heterocycles. The molecular weight excluding hydrogens is 294 g/mol. The molecule has 7 nitrogen and oxygen atoms in total. The molecule has 1 N–H and O–H groups in total. The van der Waals surface area contributed by atoms with Gasteiger partial charge in [0.15, 0.2) is 0 Å². The van der Waals surface area contributed by atoms with Crippen LogP contribution in [0, 0.1) is 5.92 Å². The SMILES string of the molecule is CC1CN(C(=O)c2ncnc3[nH]ccc23)CC1N1CCOCC1. The molecule has 7 heteroatoms. The Morgan fingerprint density at radius 1 is 1.30 bits per heavy atom. The number of aromatic amines is 1. The lowest BCUT2D eigenvalue weighted by atomic mass is 10.0. The van der Waals surface area contributed by atoms with Gasteiger partial charge < -0.3 is 14.6 Å². The maximum absolute atomic E-state index is 12.9. The predicted octanol–water partition coefficient (Wildman–Crippen LogP) is 0.751. The van der Waals surface area contributed by atoms with Crippen LogP contribution >= 0.6 is 0 Å². The van der Waals surface area contributed by atoms with E-state index >= 15 is 0 Å². The van der Waals surface area contributed by atoms with Gasteiger partial charge in [0.2, 0.25) is 0 Å². The average molecular weight is 315 g/mol. The number of carbonyl (C=O) groups excluding carboxylic acids is 1. The Labute approximate surface area is 134 Å². The lowest BCUT2D eigenvalue weighted by Crippen LogP contribution is -2.47. The van der Waals surface area contributed by atoms with Gasteiger partial charge in [-0.1, -0.05) is 6.92 Å². The second kappa shape index (κ2) is 5.90. The monoisotopic (exact) mass is 315 g/mol. The van der Waals surface area contributed by atoms with E-state index in [9.17, 15) is 4.79 Å². The first-order valence-corrected chi connectivity index (χ1v) is 8.13. The molecule has 4 rings (SSSR count). The molecule has 0 bridgehead atoms. The normalized spacial score (nSPS) is 26.0. The first kappa shape index (κ1) is 14.6. The molecule has 23 heavy (non-hydrogen) atoms. The minimum Gasteiger partial charge on any atom is -0.379 e. The van der Waals surface area contributed by atoms with E-state index in [4.69, 9.17) is 4.74 Å². The number of H-pyrrole nitrogens is 1. The number of ether oxygens (including phenoxy) is 1. The van der Waals surface area contributed by atoms with Gasteiger partial charge in [0.25, 0.3) is 5.91 Å². The molecule has 1 amide bonds. The second-order valence-corrected chi connectivity index (χ2v) is 6.37. The number of likely N-dealkylation sites (tertiary alicyclic amines) is 1. The first-order chi connectivity index (χ1) is 11.2. The maximum atomic E-state index is 12.9. The molecule has 0 spiro atoms. The van der Waals surface area contributed by atoms with Gasteiger partial charge in [0.1, 0.15) is 17.7 Å². The third-order valence-corrected chi connectivity index (χ3v) is 4.93. The number of rotatable bonds is 2. The molecule has 2 aromatic heterocycles. The number of nitrogens with zero attached hydrogens (tertiary/aromatic N) is 4. The van der Waals surface area contributed by atoms with Crippen molar-refractivity contribution in [2.24, 2.45) is 5.92 Å². The van der Waals surface area contributed by atoms with Crippen molar-refractivity contribution in [1.29, 1.82) is 0 Å². The van der Waals surface area contributed by atoms with Crippen LogP contribution in [0.1, 0.15) is 17.4 Å². The second-order valence-electron chi connectivity index (χ2n) is 6.37. The number of amides is 1. The van der Waals surface area contributed by atoms with E-state index in [1.165, 1.54) is 6.33 Å². The van der Waals surface area contributed by atoms with E-state index in [-0.39, 0.29) is 5.91 Å². The maximum Gasteiger partial charge on any atom is 0.273 e. The highest BCUT2D eigenvalue weighted by Gasteiger charge is 2.37. The van der Waals surface area contributed by atoms with Crippen molar-refractivity contribution >= 4 is 16.9 Å². The van der Waals surface area contributed by atoms with Gasteiger partial charge in [-0.05, 0) is 12.0 Å². The van der Waals surface area contributed by atoms with Crippen LogP contribution in [0.5, 0.6) is 0 Å². The molecule has 0 radical (unpaired) electrons. The van der Waals surface area contributed by atoms with Gasteiger partial charge in [-0.25, -0.2) is 9.97 Å². The van der Waals surface area contributed by atoms with Crippen molar-refractivity contribution < 1.29 is 9.53 Å². The number of carbonyl (C=O) groups is 1. The number of aromatic nitrogens is 3. The Balaban J connectivity index is 1.54. The average Bonchev–Trinajstić information content (AvgIpc) is 3.21. The summed E-state index contributed by atoms with van der Waals surface area (Å²) in [5, 5.41) is 0.792. The summed E-state index contributed by atoms with van der Waals surface area (Å²) >= 11 is 0. The number of hydrogen-bond acceptors (Lipinski definition) is 5. The third kappa shape index (κ3) is 2.60. The summed E-state index contributed by atoms with van der Waals surface area (Å²) in [6.07, 6.45) is 3.24. The van der Waals surface area contributed by atoms with E-state index in [2.05, 4.69) is 26.8 Å². The molecule has 4 heterocycles. The zero-order valence-electron chi connectivity index (χ0n) is 13.2. The van der Waals surface area contributed by atoms with Crippen LogP contribution in [0.25, 0.3) is 11.0 Å². The highest BCUT2D eigenvalue weighted by atomic mass is 16.5. The summed E-state index contributed by atoms with van der Waals surface area (Å²) in [7, 11) is 0. The molecule has 0 aliphatic carbocycles. The summed E-state index contributed by atoms with van der Waals surface area (Å²) in [5.74, 6) is 0.459. The summed E-state index contributed by atoms with van der Waals surface area (Å²) in [6, 6.07) is 2.27. The molecule has 0 saturated carbocycles. The zero-order chi connectivity index (χ0) is 15.8. The van der Waals surface area contributed by atoms with Crippen molar-refractivity contribution in [2.45, 2.75) is 13.0 Å². The Kier molecular flexibility index (Phi) is 3.74. The van der Waals surface area contributed by atoms with Crippen LogP contribution in [0.3, 0.4) is 0 Å². The molecule has 2 atom stereocenters. The molecule has 0 aromatic carbocycles. The smallest absolute Gasteiger partial charge is 0.273 e. The first-order valence-electron chi connectivity index (χ1n) is 8.13. The van der Waals surface area contributed by atoms with Crippen LogP contribution in [0.4, 0.5) is 0 Å². The number of morpholine rings is 1. The van der Waals surface area contributed by atoms with E-state index in [0.717, 1.165) is 44.8 Å². The Morgan fingerprint density at radius 2 is 2.13 bits per heavy atom. The van der Waals surface area contributed by atoms with Crippen molar-refractivity contribution in [1.82, 2.24) is 24.8 Å². The number of nitrogens with one attached hydrogen (secondary N) is 1. The fourth-order valence-electron chi connectivity index (χ4n) is 3.69. The van der Waals surface area contributed by atoms with Crippen molar-refractivity contribution in [2.75, 3.05) is 39.4 Å². The lowest BCUT2D eigenvalue weighted by Gasteiger charge is -2.33. The summed E-state index contributed by atoms with van der Waals surface area (Å²) in [6.45, 7) is 7.23. The van der Waals surface area contributed by atoms with Gasteiger partial charge in [0.05, 0.1) is 18.6 Å². The van der Waals surface area contributed by atoms with Gasteiger partial charge in [0, 0.05) is 38.4 Å². The predicted molar refractivity (Wildman–Crippen MR) is 85.1 cm³/mol. The van der Waals surface area contributed by atoms with E-state index in [1.54, 1.807) is 6.20 Å². The summed E-state index contributed by atoms with van der Waals surface area (Å²) in [5.41, 5.74) is 1.20. The fourth-order valence-corrected chi connectivity index (χ4v) is 3.69. The molecule has 2 unspecified atom stereocenters. The van der Waals surface area contributed by atoms with Crippen LogP contribution in [-0.4, -0.2) is 76.1 Å². The Hall–Kier alpha value is -1.99. The summed E-state index contributed by atoms with van der Waals surface area (Å²) in [4.78, 5) is 28.7. The van der Waals surface area contributed by atoms with Crippen LogP contribution in [0.2, 0.25) is 0 Å². The number of hydrogen-bond donors (Lipinski definition) is 1. The van der Waals surface area contributed by atoms with Crippen molar-refractivity contribution in [3.63, 3.8) is 0 Å². The Bertz CT molecular complexity index is 709. The van der Waals surface area contributed by atoms with E-state index < -0.39 is 0 Å². The molecule has 2 aliphatic rings. The van der Waals surface area contributed by atoms with Crippen LogP contribution in [0.15, 0.2) is 18.6 Å². The highest BCUT2D eigenvalue weighted by Crippen LogP contribution is 2.25. The minimum absolute atomic E-state index is 0.000362. The van der Waals surface area contributed by atoms with E-state index in [0.29, 0.717) is 23.3 Å². The number of fused-ring (bicyclic) bond motifs is 1. The van der Waals surface area contributed by atoms with Crippen molar-refractivity contribution in [3.05, 3.63) is 24.3 Å². The quantitative estimate of drug-likeness (QED) is 0.885. The highest BCUT2D eigenvalue weighted by molar-refractivity contribution is 6.03. The molecule has 2 aromatic rings. The molecular formula is C16H21N5O2. The van der Waals surface area contributed by atoms with Crippen molar-refractivity contribution in [3.8, 4) is 0 Å². The van der Waals surface area contributed by atoms with E-state index in [1.807, 2.05) is 11.0 Å². The van der Waals surface area contributed by atoms with Gasteiger partial charge >= 0.3 is 0 Å². The molecule has 2 fully saturated rings. The Morgan fingerprint density at radius 3 is 2.96 bits per heavy atom. The van der Waals surface area contributed by atoms with Gasteiger partial charge in [-0.15, -0.1) is 0 Å². The van der Waals surface area contributed by atoms with Gasteiger partial charge in [-0.3, -0.25) is 9.69 Å². The zero-order valence-corrected chi connectivity index (χ0v) is 13.2. The topological polar surface area (TPSA) is 74.4 Å².